The van der Waals surface area contributed by atoms with Crippen LogP contribution in [0.2, 0.25) is 0 Å². The fourth-order valence-electron chi connectivity index (χ4n) is 3.87. The van der Waals surface area contributed by atoms with E-state index in [0.29, 0.717) is 25.2 Å². The van der Waals surface area contributed by atoms with Crippen LogP contribution in [0.4, 0.5) is 26.3 Å². The lowest BCUT2D eigenvalue weighted by Gasteiger charge is -2.48. The molecule has 2 rings (SSSR count). The van der Waals surface area contributed by atoms with Crippen LogP contribution in [0.15, 0.2) is 24.3 Å². The van der Waals surface area contributed by atoms with Crippen LogP contribution in [-0.2, 0) is 6.18 Å². The maximum absolute atomic E-state index is 12.9. The predicted octanol–water partition coefficient (Wildman–Crippen LogP) is 5.75. The van der Waals surface area contributed by atoms with Crippen LogP contribution in [0.1, 0.15) is 50.8 Å². The molecule has 1 aromatic carbocycles. The Morgan fingerprint density at radius 1 is 0.964 bits per heavy atom. The average Bonchev–Trinajstić information content (AvgIpc) is 2.54. The van der Waals surface area contributed by atoms with Gasteiger partial charge in [0.05, 0.1) is 5.56 Å². The number of nitrogens with zero attached hydrogens (tertiary/aromatic N) is 2. The van der Waals surface area contributed by atoms with Gasteiger partial charge in [-0.1, -0.05) is 32.9 Å². The van der Waals surface area contributed by atoms with Gasteiger partial charge < -0.3 is 4.90 Å². The van der Waals surface area contributed by atoms with Gasteiger partial charge in [0.25, 0.3) is 0 Å². The summed E-state index contributed by atoms with van der Waals surface area (Å²) >= 11 is 0. The van der Waals surface area contributed by atoms with E-state index in [2.05, 4.69) is 25.7 Å². The molecule has 0 radical (unpaired) electrons. The molecule has 1 fully saturated rings. The van der Waals surface area contributed by atoms with Crippen LogP contribution in [-0.4, -0.2) is 48.7 Å². The van der Waals surface area contributed by atoms with Crippen molar-refractivity contribution >= 4 is 0 Å². The molecule has 1 aromatic rings. The molecule has 1 heterocycles. The van der Waals surface area contributed by atoms with Gasteiger partial charge in [-0.05, 0) is 36.6 Å². The van der Waals surface area contributed by atoms with Gasteiger partial charge in [0.1, 0.15) is 0 Å². The smallest absolute Gasteiger partial charge is 0.300 e. The van der Waals surface area contributed by atoms with Crippen LogP contribution < -0.4 is 0 Å². The van der Waals surface area contributed by atoms with Crippen molar-refractivity contribution in [3.8, 4) is 0 Å². The van der Waals surface area contributed by atoms with E-state index in [-0.39, 0.29) is 17.9 Å². The monoisotopic (exact) mass is 410 g/mol. The lowest BCUT2D eigenvalue weighted by Crippen LogP contribution is -2.57. The highest BCUT2D eigenvalue weighted by molar-refractivity contribution is 5.27. The quantitative estimate of drug-likeness (QED) is 0.583. The summed E-state index contributed by atoms with van der Waals surface area (Å²) in [5.41, 5.74) is -0.367. The Labute approximate surface area is 162 Å². The minimum absolute atomic E-state index is 0.0673. The van der Waals surface area contributed by atoms with Crippen molar-refractivity contribution in [3.63, 3.8) is 0 Å². The molecule has 2 atom stereocenters. The Bertz CT molecular complexity index is 630. The van der Waals surface area contributed by atoms with E-state index in [9.17, 15) is 26.3 Å². The third-order valence-corrected chi connectivity index (χ3v) is 5.44. The molecule has 0 bridgehead atoms. The largest absolute Gasteiger partial charge is 0.416 e. The molecular formula is C20H28F6N2. The number of likely N-dealkylation sites (N-methyl/N-ethyl adjacent to an activating group) is 1. The summed E-state index contributed by atoms with van der Waals surface area (Å²) in [6.07, 6.45) is -9.91. The molecule has 1 saturated heterocycles. The number of benzene rings is 1. The Morgan fingerprint density at radius 3 is 2.00 bits per heavy atom. The van der Waals surface area contributed by atoms with Gasteiger partial charge >= 0.3 is 12.4 Å². The Balaban J connectivity index is 2.29. The molecule has 160 valence electrons. The van der Waals surface area contributed by atoms with Crippen LogP contribution in [0, 0.1) is 5.41 Å². The third kappa shape index (κ3) is 6.11. The molecule has 0 amide bonds. The van der Waals surface area contributed by atoms with E-state index in [1.807, 2.05) is 11.9 Å². The van der Waals surface area contributed by atoms with E-state index in [1.165, 1.54) is 12.1 Å². The van der Waals surface area contributed by atoms with Gasteiger partial charge in [0.15, 0.2) is 0 Å². The molecule has 2 nitrogen and oxygen atoms in total. The summed E-state index contributed by atoms with van der Waals surface area (Å²) < 4.78 is 77.1. The zero-order valence-electron chi connectivity index (χ0n) is 16.7. The molecule has 0 aromatic heterocycles. The van der Waals surface area contributed by atoms with Gasteiger partial charge in [-0.3, -0.25) is 4.90 Å². The van der Waals surface area contributed by atoms with E-state index in [4.69, 9.17) is 0 Å². The van der Waals surface area contributed by atoms with Gasteiger partial charge in [0.2, 0.25) is 0 Å². The minimum atomic E-state index is -4.47. The van der Waals surface area contributed by atoms with Crippen LogP contribution in [0.25, 0.3) is 0 Å². The molecule has 0 spiro atoms. The van der Waals surface area contributed by atoms with Crippen molar-refractivity contribution < 1.29 is 26.3 Å². The van der Waals surface area contributed by atoms with Gasteiger partial charge in [-0.25, -0.2) is 0 Å². The van der Waals surface area contributed by atoms with Crippen molar-refractivity contribution in [3.05, 3.63) is 35.4 Å². The first-order valence-corrected chi connectivity index (χ1v) is 9.36. The molecule has 0 saturated carbocycles. The predicted molar refractivity (Wildman–Crippen MR) is 96.9 cm³/mol. The first-order valence-electron chi connectivity index (χ1n) is 9.36. The van der Waals surface area contributed by atoms with Gasteiger partial charge in [-0.2, -0.15) is 26.3 Å². The van der Waals surface area contributed by atoms with Crippen molar-refractivity contribution in [1.29, 1.82) is 0 Å². The average molecular weight is 410 g/mol. The van der Waals surface area contributed by atoms with E-state index in [0.717, 1.165) is 12.1 Å². The molecule has 0 N–H and O–H groups in total. The summed E-state index contributed by atoms with van der Waals surface area (Å²) in [5.74, 6) is 0. The Kier molecular flexibility index (Phi) is 6.76. The van der Waals surface area contributed by atoms with Gasteiger partial charge in [0, 0.05) is 38.1 Å². The van der Waals surface area contributed by atoms with Crippen molar-refractivity contribution in [2.75, 3.05) is 26.7 Å². The molecule has 2 unspecified atom stereocenters. The van der Waals surface area contributed by atoms with E-state index in [1.54, 1.807) is 0 Å². The number of alkyl halides is 6. The Hall–Kier alpha value is -1.28. The first-order chi connectivity index (χ1) is 12.7. The molecule has 1 aliphatic rings. The fraction of sp³-hybridized carbons (Fsp3) is 0.700. The van der Waals surface area contributed by atoms with Crippen molar-refractivity contribution in [2.24, 2.45) is 5.41 Å². The highest BCUT2D eigenvalue weighted by atomic mass is 19.4. The van der Waals surface area contributed by atoms with Crippen LogP contribution in [0.5, 0.6) is 0 Å². The minimum Gasteiger partial charge on any atom is -0.300 e. The van der Waals surface area contributed by atoms with Crippen molar-refractivity contribution in [1.82, 2.24) is 9.80 Å². The summed E-state index contributed by atoms with van der Waals surface area (Å²) in [7, 11) is 2.00. The normalized spacial score (nSPS) is 21.7. The van der Waals surface area contributed by atoms with Crippen LogP contribution in [0.3, 0.4) is 0 Å². The summed E-state index contributed by atoms with van der Waals surface area (Å²) in [6.45, 7) is 8.10. The number of hydrogen-bond donors (Lipinski definition) is 0. The second kappa shape index (κ2) is 8.22. The van der Waals surface area contributed by atoms with E-state index >= 15 is 0 Å². The SMILES string of the molecule is CN1CCN(C(CCC(F)(F)F)c2ccc(C(F)(F)F)cc2)CC1C(C)(C)C. The second-order valence-electron chi connectivity index (χ2n) is 8.65. The zero-order valence-corrected chi connectivity index (χ0v) is 16.7. The highest BCUT2D eigenvalue weighted by Gasteiger charge is 2.38. The number of piperazine rings is 1. The topological polar surface area (TPSA) is 6.48 Å². The van der Waals surface area contributed by atoms with E-state index < -0.39 is 30.4 Å². The number of rotatable bonds is 4. The third-order valence-electron chi connectivity index (χ3n) is 5.44. The molecule has 28 heavy (non-hydrogen) atoms. The summed E-state index contributed by atoms with van der Waals surface area (Å²) in [6, 6.07) is 4.11. The fourth-order valence-corrected chi connectivity index (χ4v) is 3.87. The molecule has 0 aliphatic carbocycles. The highest BCUT2D eigenvalue weighted by Crippen LogP contribution is 2.37. The van der Waals surface area contributed by atoms with Crippen molar-refractivity contribution in [2.45, 2.75) is 58.0 Å². The first kappa shape index (κ1) is 23.0. The maximum atomic E-state index is 12.9. The summed E-state index contributed by atoms with van der Waals surface area (Å²) in [5, 5.41) is 0. The standard InChI is InChI=1S/C20H28F6N2/c1-18(2,3)17-13-28(12-11-27(17)4)16(9-10-19(21,22)23)14-5-7-15(8-6-14)20(24,25)26/h5-8,16-17H,9-13H2,1-4H3. The number of halogens is 6. The molecule has 1 aliphatic heterocycles. The Morgan fingerprint density at radius 2 is 1.54 bits per heavy atom. The van der Waals surface area contributed by atoms with Gasteiger partial charge in [-0.15, -0.1) is 0 Å². The maximum Gasteiger partial charge on any atom is 0.416 e. The summed E-state index contributed by atoms with van der Waals surface area (Å²) in [4.78, 5) is 4.19. The number of hydrogen-bond acceptors (Lipinski definition) is 2. The second-order valence-corrected chi connectivity index (χ2v) is 8.65. The lowest BCUT2D eigenvalue weighted by atomic mass is 9.83. The molecular weight excluding hydrogens is 382 g/mol. The lowest BCUT2D eigenvalue weighted by molar-refractivity contribution is -0.139. The molecule has 8 heteroatoms. The van der Waals surface area contributed by atoms with Crippen LogP contribution >= 0.6 is 0 Å². The zero-order chi connectivity index (χ0) is 21.3.